The van der Waals surface area contributed by atoms with Crippen LogP contribution in [-0.2, 0) is 18.9 Å². The summed E-state index contributed by atoms with van der Waals surface area (Å²) in [5.41, 5.74) is 11.8. The number of rotatable bonds is 2. The standard InChI is InChI=1S/2C8H16N2O2/c2*9-7-5-12-6-8(7)10-1-3-11-4-2-10/h2*7-8H,1-6,9H2/t2*7-,8-/m10/s1. The summed E-state index contributed by atoms with van der Waals surface area (Å²) >= 11 is 0. The molecule has 4 saturated heterocycles. The Hall–Kier alpha value is -0.320. The third-order valence-electron chi connectivity index (χ3n) is 5.22. The molecule has 4 N–H and O–H groups in total. The van der Waals surface area contributed by atoms with Crippen LogP contribution in [-0.4, -0.2) is 113 Å². The molecule has 8 nitrogen and oxygen atoms in total. The maximum atomic E-state index is 5.90. The highest BCUT2D eigenvalue weighted by Gasteiger charge is 2.32. The number of nitrogens with two attached hydrogens (primary N) is 2. The van der Waals surface area contributed by atoms with Gasteiger partial charge < -0.3 is 30.4 Å². The van der Waals surface area contributed by atoms with Crippen LogP contribution in [0.1, 0.15) is 0 Å². The van der Waals surface area contributed by atoms with Crippen molar-refractivity contribution < 1.29 is 18.9 Å². The molecule has 0 amide bonds. The molecule has 0 radical (unpaired) electrons. The Balaban J connectivity index is 0.000000141. The number of morpholine rings is 2. The van der Waals surface area contributed by atoms with E-state index < -0.39 is 0 Å². The summed E-state index contributed by atoms with van der Waals surface area (Å²) < 4.78 is 21.2. The zero-order valence-corrected chi connectivity index (χ0v) is 14.5. The van der Waals surface area contributed by atoms with E-state index in [1.165, 1.54) is 0 Å². The Bertz CT molecular complexity index is 330. The lowest BCUT2D eigenvalue weighted by Crippen LogP contribution is -2.51. The van der Waals surface area contributed by atoms with Gasteiger partial charge in [0.1, 0.15) is 0 Å². The molecule has 4 aliphatic heterocycles. The average Bonchev–Trinajstić information content (AvgIpc) is 3.25. The maximum absolute atomic E-state index is 5.90. The van der Waals surface area contributed by atoms with Gasteiger partial charge in [-0.25, -0.2) is 0 Å². The molecule has 0 saturated carbocycles. The van der Waals surface area contributed by atoms with Crippen LogP contribution < -0.4 is 11.5 Å². The molecule has 4 aliphatic rings. The highest BCUT2D eigenvalue weighted by Crippen LogP contribution is 2.13. The monoisotopic (exact) mass is 344 g/mol. The van der Waals surface area contributed by atoms with Crippen LogP contribution in [0.25, 0.3) is 0 Å². The summed E-state index contributed by atoms with van der Waals surface area (Å²) in [4.78, 5) is 4.75. The molecule has 140 valence electrons. The minimum absolute atomic E-state index is 0.197. The van der Waals surface area contributed by atoms with Crippen LogP contribution in [0, 0.1) is 0 Å². The van der Waals surface area contributed by atoms with Crippen molar-refractivity contribution in [2.45, 2.75) is 24.2 Å². The lowest BCUT2D eigenvalue weighted by Gasteiger charge is -2.33. The van der Waals surface area contributed by atoms with Gasteiger partial charge in [0.25, 0.3) is 0 Å². The Morgan fingerprint density at radius 1 is 0.542 bits per heavy atom. The minimum Gasteiger partial charge on any atom is -0.379 e. The summed E-state index contributed by atoms with van der Waals surface area (Å²) in [6.07, 6.45) is 0. The number of nitrogens with zero attached hydrogens (tertiary/aromatic N) is 2. The van der Waals surface area contributed by atoms with Crippen LogP contribution in [0.4, 0.5) is 0 Å². The van der Waals surface area contributed by atoms with Gasteiger partial charge >= 0.3 is 0 Å². The number of hydrogen-bond donors (Lipinski definition) is 2. The zero-order chi connectivity index (χ0) is 16.8. The first-order chi connectivity index (χ1) is 11.8. The smallest absolute Gasteiger partial charge is 0.0638 e. The van der Waals surface area contributed by atoms with E-state index in [0.29, 0.717) is 25.3 Å². The van der Waals surface area contributed by atoms with Gasteiger partial charge in [-0.3, -0.25) is 9.80 Å². The Kier molecular flexibility index (Phi) is 7.23. The van der Waals surface area contributed by atoms with Crippen molar-refractivity contribution in [1.82, 2.24) is 9.80 Å². The van der Waals surface area contributed by atoms with Crippen LogP contribution in [0.3, 0.4) is 0 Å². The van der Waals surface area contributed by atoms with Crippen molar-refractivity contribution in [3.05, 3.63) is 0 Å². The van der Waals surface area contributed by atoms with E-state index >= 15 is 0 Å². The SMILES string of the molecule is N[C@@H]1COC[C@H]1N1CCOCC1.N[C@H]1COC[C@@H]1N1CCOCC1. The van der Waals surface area contributed by atoms with Crippen molar-refractivity contribution >= 4 is 0 Å². The fourth-order valence-electron chi connectivity index (χ4n) is 3.69. The van der Waals surface area contributed by atoms with Gasteiger partial charge in [-0.05, 0) is 0 Å². The Morgan fingerprint density at radius 3 is 1.21 bits per heavy atom. The fourth-order valence-corrected chi connectivity index (χ4v) is 3.69. The third-order valence-corrected chi connectivity index (χ3v) is 5.22. The van der Waals surface area contributed by atoms with Gasteiger partial charge in [0.05, 0.1) is 64.9 Å². The van der Waals surface area contributed by atoms with Crippen LogP contribution in [0.2, 0.25) is 0 Å². The first-order valence-corrected chi connectivity index (χ1v) is 9.06. The normalized spacial score (nSPS) is 38.8. The van der Waals surface area contributed by atoms with Crippen molar-refractivity contribution in [1.29, 1.82) is 0 Å². The van der Waals surface area contributed by atoms with Gasteiger partial charge in [0.15, 0.2) is 0 Å². The van der Waals surface area contributed by atoms with Crippen molar-refractivity contribution in [3.63, 3.8) is 0 Å². The molecular formula is C16H32N4O4. The number of hydrogen-bond acceptors (Lipinski definition) is 8. The molecule has 0 spiro atoms. The largest absolute Gasteiger partial charge is 0.379 e. The highest BCUT2D eigenvalue weighted by molar-refractivity contribution is 4.88. The predicted molar refractivity (Wildman–Crippen MR) is 89.9 cm³/mol. The van der Waals surface area contributed by atoms with Crippen molar-refractivity contribution in [2.75, 3.05) is 79.0 Å². The second kappa shape index (κ2) is 9.40. The van der Waals surface area contributed by atoms with E-state index in [1.807, 2.05) is 0 Å². The van der Waals surface area contributed by atoms with Crippen molar-refractivity contribution in [2.24, 2.45) is 11.5 Å². The third kappa shape index (κ3) is 4.86. The molecule has 0 bridgehead atoms. The van der Waals surface area contributed by atoms with Crippen LogP contribution in [0.15, 0.2) is 0 Å². The molecule has 0 aromatic heterocycles. The summed E-state index contributed by atoms with van der Waals surface area (Å²) in [5.74, 6) is 0. The van der Waals surface area contributed by atoms with Gasteiger partial charge in [-0.2, -0.15) is 0 Å². The van der Waals surface area contributed by atoms with Gasteiger partial charge in [0, 0.05) is 38.3 Å². The molecule has 0 aromatic rings. The van der Waals surface area contributed by atoms with E-state index in [9.17, 15) is 0 Å². The fraction of sp³-hybridized carbons (Fsp3) is 1.00. The van der Waals surface area contributed by atoms with Gasteiger partial charge in [-0.15, -0.1) is 0 Å². The molecule has 8 heteroatoms. The zero-order valence-electron chi connectivity index (χ0n) is 14.5. The lowest BCUT2D eigenvalue weighted by molar-refractivity contribution is 0.0122. The predicted octanol–water partition coefficient (Wildman–Crippen LogP) is -1.91. The number of ether oxygens (including phenoxy) is 4. The minimum atomic E-state index is 0.197. The lowest BCUT2D eigenvalue weighted by atomic mass is 10.1. The Labute approximate surface area is 144 Å². The molecule has 4 atom stereocenters. The van der Waals surface area contributed by atoms with Crippen molar-refractivity contribution in [3.8, 4) is 0 Å². The second-order valence-corrected chi connectivity index (χ2v) is 6.83. The molecule has 0 aliphatic carbocycles. The summed E-state index contributed by atoms with van der Waals surface area (Å²) in [6.45, 7) is 10.4. The topological polar surface area (TPSA) is 95.4 Å². The molecule has 4 fully saturated rings. The van der Waals surface area contributed by atoms with E-state index in [-0.39, 0.29) is 12.1 Å². The molecule has 0 aromatic carbocycles. The van der Waals surface area contributed by atoms with E-state index in [1.54, 1.807) is 0 Å². The molecular weight excluding hydrogens is 312 g/mol. The summed E-state index contributed by atoms with van der Waals surface area (Å²) in [7, 11) is 0. The van der Waals surface area contributed by atoms with Crippen LogP contribution in [0.5, 0.6) is 0 Å². The first kappa shape index (κ1) is 18.5. The second-order valence-electron chi connectivity index (χ2n) is 6.83. The summed E-state index contributed by atoms with van der Waals surface area (Å²) in [6, 6.07) is 1.24. The van der Waals surface area contributed by atoms with E-state index in [2.05, 4.69) is 9.80 Å². The molecule has 4 heterocycles. The molecule has 0 unspecified atom stereocenters. The average molecular weight is 344 g/mol. The molecule has 4 rings (SSSR count). The van der Waals surface area contributed by atoms with E-state index in [0.717, 1.165) is 65.8 Å². The quantitative estimate of drug-likeness (QED) is 0.599. The first-order valence-electron chi connectivity index (χ1n) is 9.06. The van der Waals surface area contributed by atoms with Crippen LogP contribution >= 0.6 is 0 Å². The van der Waals surface area contributed by atoms with Gasteiger partial charge in [-0.1, -0.05) is 0 Å². The highest BCUT2D eigenvalue weighted by atomic mass is 16.5. The Morgan fingerprint density at radius 2 is 0.917 bits per heavy atom. The van der Waals surface area contributed by atoms with Gasteiger partial charge in [0.2, 0.25) is 0 Å². The van der Waals surface area contributed by atoms with E-state index in [4.69, 9.17) is 30.4 Å². The maximum Gasteiger partial charge on any atom is 0.0638 e. The summed E-state index contributed by atoms with van der Waals surface area (Å²) in [5, 5.41) is 0. The molecule has 24 heavy (non-hydrogen) atoms.